The molecule has 2 amide bonds. The van der Waals surface area contributed by atoms with Crippen molar-refractivity contribution in [1.82, 2.24) is 4.90 Å². The van der Waals surface area contributed by atoms with Crippen LogP contribution in [0.15, 0.2) is 18.2 Å². The maximum absolute atomic E-state index is 14.9. The lowest BCUT2D eigenvalue weighted by atomic mass is 9.78. The number of halogens is 1. The van der Waals surface area contributed by atoms with Crippen molar-refractivity contribution in [3.05, 3.63) is 24.0 Å². The number of aliphatic hydroxyl groups excluding tert-OH is 1. The molecular formula is C23H32FN3O4. The fraction of sp³-hybridized carbons (Fsp3) is 0.652. The van der Waals surface area contributed by atoms with Crippen LogP contribution in [0.2, 0.25) is 0 Å². The fourth-order valence-corrected chi connectivity index (χ4v) is 5.41. The average Bonchev–Trinajstić information content (AvgIpc) is 3.04. The lowest BCUT2D eigenvalue weighted by Gasteiger charge is -2.41. The fourth-order valence-electron chi connectivity index (χ4n) is 5.41. The Morgan fingerprint density at radius 2 is 2.03 bits per heavy atom. The molecule has 170 valence electrons. The van der Waals surface area contributed by atoms with Gasteiger partial charge in [-0.05, 0) is 70.1 Å². The Labute approximate surface area is 182 Å². The molecule has 0 bridgehead atoms. The molecule has 1 atom stereocenters. The molecule has 2 N–H and O–H groups in total. The first-order chi connectivity index (χ1) is 14.9. The van der Waals surface area contributed by atoms with E-state index in [4.69, 9.17) is 4.74 Å². The summed E-state index contributed by atoms with van der Waals surface area (Å²) in [4.78, 5) is 29.0. The highest BCUT2D eigenvalue weighted by Crippen LogP contribution is 2.43. The third-order valence-corrected chi connectivity index (χ3v) is 7.04. The van der Waals surface area contributed by atoms with E-state index in [-0.39, 0.29) is 24.7 Å². The normalized spacial score (nSPS) is 28.8. The van der Waals surface area contributed by atoms with E-state index in [2.05, 4.69) is 5.32 Å². The minimum Gasteiger partial charge on any atom is -0.450 e. The number of anilines is 2. The van der Waals surface area contributed by atoms with Gasteiger partial charge in [-0.2, -0.15) is 0 Å². The molecule has 1 spiro atoms. The van der Waals surface area contributed by atoms with Crippen LogP contribution in [-0.2, 0) is 9.53 Å². The van der Waals surface area contributed by atoms with Gasteiger partial charge in [0.15, 0.2) is 0 Å². The highest BCUT2D eigenvalue weighted by molar-refractivity contribution is 5.87. The van der Waals surface area contributed by atoms with Crippen LogP contribution in [0, 0.1) is 11.2 Å². The zero-order chi connectivity index (χ0) is 22.0. The standard InChI is InChI=1S/C23H32FN3O4/c1-2-31-22(30)25-16-4-9-20(19(24)14-16)26-12-3-10-23(15-26)11-13-27(21(23)29)17-5-7-18(28)8-6-17/h4,9,14,17-18,28H,2-3,5-8,10-13,15H2,1H3,(H,25,30)/t17-,18-,23-/m0/s1. The first-order valence-corrected chi connectivity index (χ1v) is 11.4. The number of likely N-dealkylation sites (tertiary alicyclic amines) is 1. The molecule has 7 nitrogen and oxygen atoms in total. The molecule has 2 saturated heterocycles. The van der Waals surface area contributed by atoms with Crippen molar-refractivity contribution in [2.45, 2.75) is 64.0 Å². The van der Waals surface area contributed by atoms with Gasteiger partial charge in [0.2, 0.25) is 5.91 Å². The van der Waals surface area contributed by atoms with E-state index < -0.39 is 17.3 Å². The number of benzene rings is 1. The molecule has 1 saturated carbocycles. The van der Waals surface area contributed by atoms with E-state index in [1.54, 1.807) is 19.1 Å². The molecule has 3 aliphatic rings. The van der Waals surface area contributed by atoms with Crippen LogP contribution < -0.4 is 10.2 Å². The summed E-state index contributed by atoms with van der Waals surface area (Å²) in [5.41, 5.74) is 0.345. The Morgan fingerprint density at radius 3 is 2.74 bits per heavy atom. The van der Waals surface area contributed by atoms with Crippen LogP contribution in [0.4, 0.5) is 20.6 Å². The van der Waals surface area contributed by atoms with Crippen LogP contribution >= 0.6 is 0 Å². The summed E-state index contributed by atoms with van der Waals surface area (Å²) >= 11 is 0. The number of rotatable bonds is 4. The third-order valence-electron chi connectivity index (χ3n) is 7.04. The van der Waals surface area contributed by atoms with Gasteiger partial charge in [0.05, 0.1) is 23.8 Å². The molecular weight excluding hydrogens is 401 g/mol. The molecule has 3 fully saturated rings. The topological polar surface area (TPSA) is 82.1 Å². The van der Waals surface area contributed by atoms with Gasteiger partial charge in [-0.3, -0.25) is 10.1 Å². The summed E-state index contributed by atoms with van der Waals surface area (Å²) in [7, 11) is 0. The molecule has 2 aliphatic heterocycles. The number of ether oxygens (including phenoxy) is 1. The van der Waals surface area contributed by atoms with Gasteiger partial charge in [-0.15, -0.1) is 0 Å². The van der Waals surface area contributed by atoms with Gasteiger partial charge in [-0.25, -0.2) is 9.18 Å². The quantitative estimate of drug-likeness (QED) is 0.759. The molecule has 31 heavy (non-hydrogen) atoms. The molecule has 0 aromatic heterocycles. The molecule has 0 unspecified atom stereocenters. The maximum Gasteiger partial charge on any atom is 0.411 e. The van der Waals surface area contributed by atoms with E-state index in [1.807, 2.05) is 9.80 Å². The van der Waals surface area contributed by atoms with Gasteiger partial charge in [0, 0.05) is 31.4 Å². The summed E-state index contributed by atoms with van der Waals surface area (Å²) in [6, 6.07) is 4.84. The predicted molar refractivity (Wildman–Crippen MR) is 116 cm³/mol. The number of hydrogen-bond donors (Lipinski definition) is 2. The van der Waals surface area contributed by atoms with Gasteiger partial charge < -0.3 is 19.6 Å². The van der Waals surface area contributed by atoms with E-state index in [0.717, 1.165) is 51.5 Å². The second-order valence-corrected chi connectivity index (χ2v) is 9.03. The number of amides is 2. The smallest absolute Gasteiger partial charge is 0.411 e. The largest absolute Gasteiger partial charge is 0.450 e. The van der Waals surface area contributed by atoms with Crippen molar-refractivity contribution in [2.75, 3.05) is 36.5 Å². The second-order valence-electron chi connectivity index (χ2n) is 9.03. The molecule has 2 heterocycles. The predicted octanol–water partition coefficient (Wildman–Crippen LogP) is 3.52. The molecule has 1 aromatic carbocycles. The number of nitrogens with one attached hydrogen (secondary N) is 1. The van der Waals surface area contributed by atoms with Crippen molar-refractivity contribution >= 4 is 23.4 Å². The highest BCUT2D eigenvalue weighted by Gasteiger charge is 2.50. The van der Waals surface area contributed by atoms with Crippen LogP contribution in [0.25, 0.3) is 0 Å². The lowest BCUT2D eigenvalue weighted by Crippen LogP contribution is -2.50. The maximum atomic E-state index is 14.9. The van der Waals surface area contributed by atoms with Crippen molar-refractivity contribution in [3.8, 4) is 0 Å². The lowest BCUT2D eigenvalue weighted by molar-refractivity contribution is -0.139. The zero-order valence-electron chi connectivity index (χ0n) is 18.1. The average molecular weight is 434 g/mol. The summed E-state index contributed by atoms with van der Waals surface area (Å²) in [6.45, 7) is 3.91. The van der Waals surface area contributed by atoms with Crippen molar-refractivity contribution in [2.24, 2.45) is 5.41 Å². The van der Waals surface area contributed by atoms with E-state index in [0.29, 0.717) is 24.5 Å². The molecule has 1 aliphatic carbocycles. The van der Waals surface area contributed by atoms with E-state index in [9.17, 15) is 19.1 Å². The van der Waals surface area contributed by atoms with Gasteiger partial charge in [0.25, 0.3) is 0 Å². The Bertz CT molecular complexity index is 827. The third kappa shape index (κ3) is 4.49. The number of carbonyl (C=O) groups is 2. The monoisotopic (exact) mass is 433 g/mol. The number of carbonyl (C=O) groups excluding carboxylic acids is 2. The first-order valence-electron chi connectivity index (χ1n) is 11.4. The summed E-state index contributed by atoms with van der Waals surface area (Å²) in [6.07, 6.45) is 4.84. The minimum absolute atomic E-state index is 0.194. The molecule has 0 radical (unpaired) electrons. The van der Waals surface area contributed by atoms with Crippen LogP contribution in [-0.4, -0.2) is 60.4 Å². The Hall–Kier alpha value is -2.35. The van der Waals surface area contributed by atoms with Crippen LogP contribution in [0.1, 0.15) is 51.9 Å². The minimum atomic E-state index is -0.613. The van der Waals surface area contributed by atoms with Crippen molar-refractivity contribution < 1.29 is 23.8 Å². The van der Waals surface area contributed by atoms with Crippen LogP contribution in [0.5, 0.6) is 0 Å². The Kier molecular flexibility index (Phi) is 6.36. The molecule has 4 rings (SSSR count). The summed E-state index contributed by atoms with van der Waals surface area (Å²) in [5, 5.41) is 12.3. The van der Waals surface area contributed by atoms with E-state index in [1.165, 1.54) is 6.07 Å². The van der Waals surface area contributed by atoms with Crippen molar-refractivity contribution in [1.29, 1.82) is 0 Å². The van der Waals surface area contributed by atoms with Crippen molar-refractivity contribution in [3.63, 3.8) is 0 Å². The van der Waals surface area contributed by atoms with Crippen LogP contribution in [0.3, 0.4) is 0 Å². The zero-order valence-corrected chi connectivity index (χ0v) is 18.1. The first kappa shape index (κ1) is 21.9. The number of hydrogen-bond acceptors (Lipinski definition) is 5. The van der Waals surface area contributed by atoms with E-state index >= 15 is 0 Å². The van der Waals surface area contributed by atoms with Gasteiger partial charge in [0.1, 0.15) is 5.82 Å². The number of nitrogens with zero attached hydrogens (tertiary/aromatic N) is 2. The van der Waals surface area contributed by atoms with Gasteiger partial charge in [-0.1, -0.05) is 0 Å². The SMILES string of the molecule is CCOC(=O)Nc1ccc(N2CCC[C@]3(CCN([C@H]4CC[C@H](O)CC4)C3=O)C2)c(F)c1. The second kappa shape index (κ2) is 9.02. The Morgan fingerprint density at radius 1 is 1.26 bits per heavy atom. The molecule has 8 heteroatoms. The molecule has 1 aromatic rings. The van der Waals surface area contributed by atoms with Gasteiger partial charge >= 0.3 is 6.09 Å². The summed E-state index contributed by atoms with van der Waals surface area (Å²) in [5.74, 6) is -0.227. The summed E-state index contributed by atoms with van der Waals surface area (Å²) < 4.78 is 19.7. The Balaban J connectivity index is 1.45. The number of aliphatic hydroxyl groups is 1. The highest BCUT2D eigenvalue weighted by atomic mass is 19.1. The number of piperidine rings is 1.